The van der Waals surface area contributed by atoms with E-state index < -0.39 is 0 Å². The maximum atomic E-state index is 13.0. The van der Waals surface area contributed by atoms with Gasteiger partial charge in [-0.15, -0.1) is 0 Å². The monoisotopic (exact) mass is 353 g/mol. The van der Waals surface area contributed by atoms with E-state index in [-0.39, 0.29) is 17.6 Å². The first-order chi connectivity index (χ1) is 12.6. The van der Waals surface area contributed by atoms with Crippen molar-refractivity contribution < 1.29 is 9.47 Å². The van der Waals surface area contributed by atoms with E-state index >= 15 is 0 Å². The minimum Gasteiger partial charge on any atom is -0.497 e. The Morgan fingerprint density at radius 2 is 2.08 bits per heavy atom. The molecule has 0 unspecified atom stereocenters. The predicted molar refractivity (Wildman–Crippen MR) is 99.1 cm³/mol. The highest BCUT2D eigenvalue weighted by molar-refractivity contribution is 5.45. The van der Waals surface area contributed by atoms with Gasteiger partial charge < -0.3 is 14.0 Å². The van der Waals surface area contributed by atoms with Crippen LogP contribution in [0.3, 0.4) is 0 Å². The molecule has 4 rings (SSSR count). The number of fused-ring (bicyclic) bond motifs is 1. The van der Waals surface area contributed by atoms with Crippen LogP contribution in [-0.4, -0.2) is 33.8 Å². The highest BCUT2D eigenvalue weighted by atomic mass is 16.5. The first-order valence-corrected chi connectivity index (χ1v) is 8.90. The van der Waals surface area contributed by atoms with Crippen LogP contribution >= 0.6 is 0 Å². The molecule has 6 nitrogen and oxygen atoms in total. The zero-order chi connectivity index (χ0) is 18.3. The number of aryl methyl sites for hydroxylation is 1. The SMILES string of the molecule is COc1ccc(Cn2c(C)cn3c([C@H]4CCO[C@H]4C)ncc3c2=O)cc1. The maximum absolute atomic E-state index is 13.0. The van der Waals surface area contributed by atoms with Crippen molar-refractivity contribution in [3.63, 3.8) is 0 Å². The molecule has 0 spiro atoms. The van der Waals surface area contributed by atoms with Gasteiger partial charge in [0.15, 0.2) is 0 Å². The van der Waals surface area contributed by atoms with Gasteiger partial charge in [0.05, 0.1) is 26.0 Å². The fourth-order valence-electron chi connectivity index (χ4n) is 3.68. The number of hydrogen-bond donors (Lipinski definition) is 0. The van der Waals surface area contributed by atoms with Crippen LogP contribution in [0.25, 0.3) is 5.52 Å². The van der Waals surface area contributed by atoms with Crippen LogP contribution in [0.2, 0.25) is 0 Å². The van der Waals surface area contributed by atoms with Crippen LogP contribution in [0.4, 0.5) is 0 Å². The standard InChI is InChI=1S/C20H23N3O3/c1-13-11-23-18(10-21-19(23)17-8-9-26-14(17)2)20(24)22(13)12-15-4-6-16(25-3)7-5-15/h4-7,10-11,14,17H,8-9,12H2,1-3H3/t14-,17-/m0/s1. The van der Waals surface area contributed by atoms with Gasteiger partial charge in [-0.25, -0.2) is 4.98 Å². The third kappa shape index (κ3) is 2.80. The average Bonchev–Trinajstić information content (AvgIpc) is 3.25. The largest absolute Gasteiger partial charge is 0.497 e. The lowest BCUT2D eigenvalue weighted by Gasteiger charge is -2.15. The zero-order valence-corrected chi connectivity index (χ0v) is 15.3. The molecular formula is C20H23N3O3. The number of aromatic nitrogens is 3. The molecule has 1 aliphatic rings. The fourth-order valence-corrected chi connectivity index (χ4v) is 3.68. The molecule has 3 heterocycles. The Hall–Kier alpha value is -2.60. The Balaban J connectivity index is 1.73. The molecule has 3 aromatic rings. The van der Waals surface area contributed by atoms with Gasteiger partial charge in [-0.2, -0.15) is 0 Å². The van der Waals surface area contributed by atoms with E-state index in [2.05, 4.69) is 11.9 Å². The Morgan fingerprint density at radius 1 is 1.31 bits per heavy atom. The summed E-state index contributed by atoms with van der Waals surface area (Å²) < 4.78 is 14.6. The number of benzene rings is 1. The summed E-state index contributed by atoms with van der Waals surface area (Å²) in [5.41, 5.74) is 2.55. The van der Waals surface area contributed by atoms with Crippen molar-refractivity contribution in [3.8, 4) is 5.75 Å². The molecule has 0 bridgehead atoms. The second-order valence-corrected chi connectivity index (χ2v) is 6.85. The summed E-state index contributed by atoms with van der Waals surface area (Å²) in [5, 5.41) is 0. The number of nitrogens with zero attached hydrogens (tertiary/aromatic N) is 3. The van der Waals surface area contributed by atoms with Gasteiger partial charge in [-0.1, -0.05) is 12.1 Å². The molecule has 0 saturated carbocycles. The molecule has 1 fully saturated rings. The van der Waals surface area contributed by atoms with E-state index in [1.54, 1.807) is 17.9 Å². The Kier molecular flexibility index (Phi) is 4.28. The quantitative estimate of drug-likeness (QED) is 0.724. The van der Waals surface area contributed by atoms with Gasteiger partial charge >= 0.3 is 0 Å². The number of ether oxygens (including phenoxy) is 2. The number of imidazole rings is 1. The summed E-state index contributed by atoms with van der Waals surface area (Å²) in [7, 11) is 1.64. The van der Waals surface area contributed by atoms with E-state index in [0.717, 1.165) is 35.9 Å². The summed E-state index contributed by atoms with van der Waals surface area (Å²) in [6.07, 6.45) is 4.76. The minimum absolute atomic E-state index is 0.0221. The van der Waals surface area contributed by atoms with Gasteiger partial charge in [0.25, 0.3) is 5.56 Å². The molecular weight excluding hydrogens is 330 g/mol. The second-order valence-electron chi connectivity index (χ2n) is 6.85. The molecule has 0 N–H and O–H groups in total. The van der Waals surface area contributed by atoms with Crippen molar-refractivity contribution in [1.82, 2.24) is 14.0 Å². The third-order valence-corrected chi connectivity index (χ3v) is 5.24. The zero-order valence-electron chi connectivity index (χ0n) is 15.3. The fraction of sp³-hybridized carbons (Fsp3) is 0.400. The molecule has 1 aromatic carbocycles. The molecule has 0 radical (unpaired) electrons. The molecule has 2 atom stereocenters. The summed E-state index contributed by atoms with van der Waals surface area (Å²) in [6.45, 7) is 5.29. The lowest BCUT2D eigenvalue weighted by atomic mass is 10.0. The highest BCUT2D eigenvalue weighted by Crippen LogP contribution is 2.30. The summed E-state index contributed by atoms with van der Waals surface area (Å²) in [5.74, 6) is 1.96. The van der Waals surface area contributed by atoms with Crippen LogP contribution < -0.4 is 10.3 Å². The normalized spacial score (nSPS) is 20.0. The molecule has 1 aliphatic heterocycles. The molecule has 0 aliphatic carbocycles. The maximum Gasteiger partial charge on any atom is 0.276 e. The molecule has 26 heavy (non-hydrogen) atoms. The lowest BCUT2D eigenvalue weighted by molar-refractivity contribution is 0.117. The van der Waals surface area contributed by atoms with Gasteiger partial charge in [0.2, 0.25) is 0 Å². The Labute approximate surface area is 152 Å². The first kappa shape index (κ1) is 16.8. The van der Waals surface area contributed by atoms with Crippen LogP contribution in [0.15, 0.2) is 41.5 Å². The Morgan fingerprint density at radius 3 is 2.73 bits per heavy atom. The predicted octanol–water partition coefficient (Wildman–Crippen LogP) is 2.75. The third-order valence-electron chi connectivity index (χ3n) is 5.24. The van der Waals surface area contributed by atoms with Gasteiger partial charge in [-0.05, 0) is 38.0 Å². The number of methoxy groups -OCH3 is 1. The van der Waals surface area contributed by atoms with Crippen molar-refractivity contribution >= 4 is 5.52 Å². The smallest absolute Gasteiger partial charge is 0.276 e. The van der Waals surface area contributed by atoms with Crippen molar-refractivity contribution in [2.24, 2.45) is 0 Å². The van der Waals surface area contributed by atoms with E-state index in [1.807, 2.05) is 41.8 Å². The van der Waals surface area contributed by atoms with Crippen molar-refractivity contribution in [1.29, 1.82) is 0 Å². The average molecular weight is 353 g/mol. The second kappa shape index (κ2) is 6.61. The number of rotatable bonds is 4. The first-order valence-electron chi connectivity index (χ1n) is 8.90. The molecule has 6 heteroatoms. The van der Waals surface area contributed by atoms with Gasteiger partial charge in [0, 0.05) is 24.4 Å². The van der Waals surface area contributed by atoms with Crippen molar-refractivity contribution in [2.75, 3.05) is 13.7 Å². The lowest BCUT2D eigenvalue weighted by Crippen LogP contribution is -2.25. The van der Waals surface area contributed by atoms with E-state index in [4.69, 9.17) is 9.47 Å². The summed E-state index contributed by atoms with van der Waals surface area (Å²) in [6, 6.07) is 7.78. The molecule has 0 amide bonds. The van der Waals surface area contributed by atoms with Crippen LogP contribution in [0.1, 0.15) is 36.3 Å². The molecule has 1 saturated heterocycles. The topological polar surface area (TPSA) is 57.8 Å². The summed E-state index contributed by atoms with van der Waals surface area (Å²) >= 11 is 0. The van der Waals surface area contributed by atoms with Crippen LogP contribution in [0.5, 0.6) is 5.75 Å². The summed E-state index contributed by atoms with van der Waals surface area (Å²) in [4.78, 5) is 17.6. The van der Waals surface area contributed by atoms with Crippen LogP contribution in [-0.2, 0) is 11.3 Å². The van der Waals surface area contributed by atoms with Crippen molar-refractivity contribution in [2.45, 2.75) is 38.8 Å². The van der Waals surface area contributed by atoms with Crippen LogP contribution in [0, 0.1) is 6.92 Å². The highest BCUT2D eigenvalue weighted by Gasteiger charge is 2.29. The minimum atomic E-state index is -0.0221. The van der Waals surface area contributed by atoms with Gasteiger partial charge in [0.1, 0.15) is 17.1 Å². The molecule has 136 valence electrons. The van der Waals surface area contributed by atoms with Gasteiger partial charge in [-0.3, -0.25) is 9.20 Å². The van der Waals surface area contributed by atoms with E-state index in [9.17, 15) is 4.79 Å². The molecule has 2 aromatic heterocycles. The van der Waals surface area contributed by atoms with E-state index in [0.29, 0.717) is 12.1 Å². The Bertz CT molecular complexity index is 988. The number of hydrogen-bond acceptors (Lipinski definition) is 4. The van der Waals surface area contributed by atoms with E-state index in [1.165, 1.54) is 0 Å². The van der Waals surface area contributed by atoms with Crippen molar-refractivity contribution in [3.05, 3.63) is 64.1 Å².